The minimum atomic E-state index is -0.467. The van der Waals surface area contributed by atoms with E-state index >= 15 is 0 Å². The Morgan fingerprint density at radius 2 is 2.17 bits per heavy atom. The van der Waals surface area contributed by atoms with Gasteiger partial charge in [0.1, 0.15) is 5.76 Å². The molecule has 2 aromatic rings. The van der Waals surface area contributed by atoms with Crippen LogP contribution in [0.3, 0.4) is 0 Å². The van der Waals surface area contributed by atoms with Crippen LogP contribution in [0.1, 0.15) is 12.2 Å². The summed E-state index contributed by atoms with van der Waals surface area (Å²) in [7, 11) is 0. The van der Waals surface area contributed by atoms with E-state index in [0.717, 1.165) is 4.90 Å². The van der Waals surface area contributed by atoms with Crippen LogP contribution in [0.15, 0.2) is 39.8 Å². The number of thioether (sulfide) groups is 1. The lowest BCUT2D eigenvalue weighted by molar-refractivity contribution is -0.146. The van der Waals surface area contributed by atoms with Gasteiger partial charge >= 0.3 is 5.97 Å². The molecule has 0 aliphatic heterocycles. The summed E-state index contributed by atoms with van der Waals surface area (Å²) in [5.41, 5.74) is 0. The van der Waals surface area contributed by atoms with Crippen LogP contribution in [0.5, 0.6) is 0 Å². The smallest absolute Gasteiger partial charge is 0.307 e. The molecule has 0 fully saturated rings. The molecule has 1 aromatic carbocycles. The number of halogens is 1. The number of amides is 1. The molecule has 2 rings (SSSR count). The van der Waals surface area contributed by atoms with Gasteiger partial charge in [-0.2, -0.15) is 0 Å². The molecule has 0 saturated heterocycles. The second kappa shape index (κ2) is 8.59. The predicted molar refractivity (Wildman–Crippen MR) is 87.6 cm³/mol. The summed E-state index contributed by atoms with van der Waals surface area (Å²) in [6.45, 7) is 1.35. The van der Waals surface area contributed by atoms with E-state index in [2.05, 4.69) is 10.5 Å². The minimum absolute atomic E-state index is 0.187. The summed E-state index contributed by atoms with van der Waals surface area (Å²) in [6.07, 6.45) is 0.187. The second-order valence-corrected chi connectivity index (χ2v) is 6.10. The van der Waals surface area contributed by atoms with Gasteiger partial charge in [-0.1, -0.05) is 28.9 Å². The van der Waals surface area contributed by atoms with E-state index in [1.54, 1.807) is 19.1 Å². The van der Waals surface area contributed by atoms with Gasteiger partial charge in [-0.25, -0.2) is 0 Å². The van der Waals surface area contributed by atoms with Crippen LogP contribution >= 0.6 is 23.4 Å². The van der Waals surface area contributed by atoms with Crippen molar-refractivity contribution >= 4 is 41.1 Å². The third-order valence-corrected chi connectivity index (χ3v) is 4.18. The maximum absolute atomic E-state index is 11.6. The van der Waals surface area contributed by atoms with Gasteiger partial charge in [0.05, 0.1) is 11.4 Å². The maximum atomic E-state index is 11.6. The van der Waals surface area contributed by atoms with E-state index < -0.39 is 11.9 Å². The van der Waals surface area contributed by atoms with Crippen molar-refractivity contribution in [1.29, 1.82) is 0 Å². The Morgan fingerprint density at radius 3 is 2.87 bits per heavy atom. The normalized spacial score (nSPS) is 10.3. The molecule has 0 aliphatic carbocycles. The lowest BCUT2D eigenvalue weighted by atomic mass is 10.4. The van der Waals surface area contributed by atoms with Crippen molar-refractivity contribution in [3.05, 3.63) is 41.1 Å². The topological polar surface area (TPSA) is 81.4 Å². The van der Waals surface area contributed by atoms with Gasteiger partial charge in [0.2, 0.25) is 0 Å². The lowest BCUT2D eigenvalue weighted by Crippen LogP contribution is -2.21. The first-order valence-corrected chi connectivity index (χ1v) is 8.17. The van der Waals surface area contributed by atoms with Crippen molar-refractivity contribution in [2.75, 3.05) is 17.7 Å². The summed E-state index contributed by atoms with van der Waals surface area (Å²) in [4.78, 5) is 24.1. The third kappa shape index (κ3) is 5.96. The van der Waals surface area contributed by atoms with Gasteiger partial charge in [0.15, 0.2) is 12.4 Å². The molecule has 1 heterocycles. The van der Waals surface area contributed by atoms with Crippen LogP contribution in [0, 0.1) is 6.92 Å². The first-order chi connectivity index (χ1) is 11.0. The molecule has 8 heteroatoms. The number of carbonyl (C=O) groups is 2. The van der Waals surface area contributed by atoms with Gasteiger partial charge in [-0.3, -0.25) is 9.59 Å². The van der Waals surface area contributed by atoms with Crippen LogP contribution in [0.2, 0.25) is 5.02 Å². The molecule has 0 radical (unpaired) electrons. The van der Waals surface area contributed by atoms with E-state index in [-0.39, 0.29) is 18.8 Å². The second-order valence-electron chi connectivity index (χ2n) is 4.56. The van der Waals surface area contributed by atoms with Crippen molar-refractivity contribution in [2.24, 2.45) is 0 Å². The van der Waals surface area contributed by atoms with Crippen molar-refractivity contribution in [3.8, 4) is 0 Å². The predicted octanol–water partition coefficient (Wildman–Crippen LogP) is 3.30. The zero-order valence-corrected chi connectivity index (χ0v) is 13.9. The lowest BCUT2D eigenvalue weighted by Gasteiger charge is -2.05. The van der Waals surface area contributed by atoms with E-state index in [9.17, 15) is 9.59 Å². The number of aryl methyl sites for hydroxylation is 1. The highest BCUT2D eigenvalue weighted by Gasteiger charge is 2.10. The number of rotatable bonds is 7. The molecule has 0 unspecified atom stereocenters. The molecule has 6 nitrogen and oxygen atoms in total. The Hall–Kier alpha value is -1.99. The zero-order chi connectivity index (χ0) is 16.7. The number of ether oxygens (including phenoxy) is 1. The van der Waals surface area contributed by atoms with Gasteiger partial charge < -0.3 is 14.6 Å². The van der Waals surface area contributed by atoms with Crippen molar-refractivity contribution in [3.63, 3.8) is 0 Å². The number of benzene rings is 1. The maximum Gasteiger partial charge on any atom is 0.307 e. The van der Waals surface area contributed by atoms with Gasteiger partial charge in [-0.05, 0) is 19.1 Å². The zero-order valence-electron chi connectivity index (χ0n) is 12.4. The van der Waals surface area contributed by atoms with Crippen LogP contribution in [-0.4, -0.2) is 29.4 Å². The first kappa shape index (κ1) is 17.4. The molecule has 0 atom stereocenters. The van der Waals surface area contributed by atoms with Gasteiger partial charge in [0, 0.05) is 16.7 Å². The Bertz CT molecular complexity index is 690. The molecular formula is C15H15ClN2O4S. The Kier molecular flexibility index (Phi) is 6.49. The molecule has 1 aromatic heterocycles. The first-order valence-electron chi connectivity index (χ1n) is 6.80. The van der Waals surface area contributed by atoms with E-state index in [4.69, 9.17) is 20.9 Å². The fraction of sp³-hybridized carbons (Fsp3) is 0.267. The number of hydrogen-bond donors (Lipinski definition) is 1. The number of nitrogens with one attached hydrogen (secondary N) is 1. The molecular weight excluding hydrogens is 340 g/mol. The highest BCUT2D eigenvalue weighted by atomic mass is 35.5. The largest absolute Gasteiger partial charge is 0.456 e. The Morgan fingerprint density at radius 1 is 1.39 bits per heavy atom. The van der Waals surface area contributed by atoms with Gasteiger partial charge in [0.25, 0.3) is 5.91 Å². The Labute approximate surface area is 142 Å². The number of nitrogens with zero attached hydrogens (tertiary/aromatic N) is 1. The minimum Gasteiger partial charge on any atom is -0.456 e. The van der Waals surface area contributed by atoms with Crippen molar-refractivity contribution in [2.45, 2.75) is 18.2 Å². The highest BCUT2D eigenvalue weighted by Crippen LogP contribution is 2.26. The van der Waals surface area contributed by atoms with E-state index in [1.165, 1.54) is 11.8 Å². The molecule has 0 spiro atoms. The van der Waals surface area contributed by atoms with Crippen LogP contribution < -0.4 is 5.32 Å². The number of esters is 1. The van der Waals surface area contributed by atoms with Gasteiger partial charge in [-0.15, -0.1) is 11.8 Å². The van der Waals surface area contributed by atoms with E-state index in [1.807, 2.05) is 18.2 Å². The molecule has 23 heavy (non-hydrogen) atoms. The number of hydrogen-bond acceptors (Lipinski definition) is 6. The standard InChI is InChI=1S/C15H15ClN2O4S/c1-10-8-13(18-22-10)17-14(19)9-21-15(20)6-7-23-12-5-3-2-4-11(12)16/h2-5,8H,6-7,9H2,1H3,(H,17,18,19). The monoisotopic (exact) mass is 354 g/mol. The summed E-state index contributed by atoms with van der Waals surface area (Å²) in [5, 5.41) is 6.72. The van der Waals surface area contributed by atoms with Crippen molar-refractivity contribution < 1.29 is 18.8 Å². The van der Waals surface area contributed by atoms with Crippen LogP contribution in [0.25, 0.3) is 0 Å². The summed E-state index contributed by atoms with van der Waals surface area (Å²) in [5.74, 6) is 0.473. The molecule has 1 N–H and O–H groups in total. The summed E-state index contributed by atoms with van der Waals surface area (Å²) >= 11 is 7.48. The molecule has 1 amide bonds. The van der Waals surface area contributed by atoms with E-state index in [0.29, 0.717) is 16.5 Å². The molecule has 122 valence electrons. The number of aromatic nitrogens is 1. The Balaban J connectivity index is 1.65. The van der Waals surface area contributed by atoms with Crippen molar-refractivity contribution in [1.82, 2.24) is 5.16 Å². The number of carbonyl (C=O) groups excluding carboxylic acids is 2. The molecule has 0 aliphatic rings. The molecule has 0 bridgehead atoms. The highest BCUT2D eigenvalue weighted by molar-refractivity contribution is 7.99. The summed E-state index contributed by atoms with van der Waals surface area (Å²) in [6, 6.07) is 8.96. The third-order valence-electron chi connectivity index (χ3n) is 2.66. The van der Waals surface area contributed by atoms with Crippen LogP contribution in [-0.2, 0) is 14.3 Å². The quantitative estimate of drug-likeness (QED) is 0.607. The summed E-state index contributed by atoms with van der Waals surface area (Å²) < 4.78 is 9.71. The average Bonchev–Trinajstić information content (AvgIpc) is 2.92. The average molecular weight is 355 g/mol. The fourth-order valence-corrected chi connectivity index (χ4v) is 2.80. The van der Waals surface area contributed by atoms with Crippen LogP contribution in [0.4, 0.5) is 5.82 Å². The number of anilines is 1. The fourth-order valence-electron chi connectivity index (χ4n) is 1.63. The molecule has 0 saturated carbocycles. The SMILES string of the molecule is Cc1cc(NC(=O)COC(=O)CCSc2ccccc2Cl)no1.